The van der Waals surface area contributed by atoms with Crippen LogP contribution in [-0.4, -0.2) is 33.9 Å². The molecule has 1 aromatic rings. The maximum atomic E-state index is 11.9. The minimum atomic E-state index is -3.15. The fourth-order valence-electron chi connectivity index (χ4n) is 2.05. The lowest BCUT2D eigenvalue weighted by molar-refractivity contribution is 0.328. The lowest BCUT2D eigenvalue weighted by atomic mass is 10.2. The summed E-state index contributed by atoms with van der Waals surface area (Å²) in [6.45, 7) is 3.40. The molecule has 0 bridgehead atoms. The van der Waals surface area contributed by atoms with E-state index in [1.807, 2.05) is 6.92 Å². The number of ether oxygens (including phenoxy) is 1. The summed E-state index contributed by atoms with van der Waals surface area (Å²) in [7, 11) is -3.15. The fraction of sp³-hybridized carbons (Fsp3) is 0.500. The van der Waals surface area contributed by atoms with Gasteiger partial charge in [0.25, 0.3) is 0 Å². The van der Waals surface area contributed by atoms with Crippen molar-refractivity contribution in [2.24, 2.45) is 11.7 Å². The minimum Gasteiger partial charge on any atom is -0.492 e. The zero-order chi connectivity index (χ0) is 13.2. The monoisotopic (exact) mass is 270 g/mol. The summed E-state index contributed by atoms with van der Waals surface area (Å²) in [5.41, 5.74) is 6.04. The Bertz CT molecular complexity index is 499. The first-order valence-corrected chi connectivity index (χ1v) is 7.57. The van der Waals surface area contributed by atoms with Crippen molar-refractivity contribution in [1.29, 1.82) is 0 Å². The predicted octanol–water partition coefficient (Wildman–Crippen LogP) is 0.810. The van der Waals surface area contributed by atoms with Crippen LogP contribution in [-0.2, 0) is 10.0 Å². The highest BCUT2D eigenvalue weighted by molar-refractivity contribution is 7.93. The molecule has 2 rings (SSSR count). The van der Waals surface area contributed by atoms with Crippen LogP contribution in [0.15, 0.2) is 24.3 Å². The predicted molar refractivity (Wildman–Crippen MR) is 71.3 cm³/mol. The summed E-state index contributed by atoms with van der Waals surface area (Å²) in [6.07, 6.45) is 0. The SMILES string of the molecule is CC1CN(c2ccc(OCCN)cc2)S(=O)(=O)C1. The molecule has 0 aromatic heterocycles. The molecular weight excluding hydrogens is 252 g/mol. The van der Waals surface area contributed by atoms with Gasteiger partial charge in [0.15, 0.2) is 0 Å². The van der Waals surface area contributed by atoms with Gasteiger partial charge in [0.1, 0.15) is 12.4 Å². The maximum Gasteiger partial charge on any atom is 0.235 e. The van der Waals surface area contributed by atoms with Crippen LogP contribution < -0.4 is 14.8 Å². The summed E-state index contributed by atoms with van der Waals surface area (Å²) in [5.74, 6) is 1.09. The second-order valence-electron chi connectivity index (χ2n) is 4.55. The standard InChI is InChI=1S/C12H18N2O3S/c1-10-8-14(18(15,16)9-10)11-2-4-12(5-3-11)17-7-6-13/h2-5,10H,6-9,13H2,1H3. The van der Waals surface area contributed by atoms with Crippen molar-refractivity contribution in [2.75, 3.05) is 29.8 Å². The number of hydrogen-bond acceptors (Lipinski definition) is 4. The molecule has 5 nitrogen and oxygen atoms in total. The van der Waals surface area contributed by atoms with Crippen LogP contribution in [0.25, 0.3) is 0 Å². The smallest absolute Gasteiger partial charge is 0.235 e. The number of benzene rings is 1. The average molecular weight is 270 g/mol. The third-order valence-corrected chi connectivity index (χ3v) is 4.84. The normalized spacial score (nSPS) is 22.1. The topological polar surface area (TPSA) is 72.6 Å². The second-order valence-corrected chi connectivity index (χ2v) is 6.48. The highest BCUT2D eigenvalue weighted by atomic mass is 32.2. The maximum absolute atomic E-state index is 11.9. The van der Waals surface area contributed by atoms with Crippen molar-refractivity contribution in [2.45, 2.75) is 6.92 Å². The van der Waals surface area contributed by atoms with Crippen LogP contribution in [0.4, 0.5) is 5.69 Å². The Labute approximate surface area is 108 Å². The summed E-state index contributed by atoms with van der Waals surface area (Å²) < 4.78 is 30.6. The summed E-state index contributed by atoms with van der Waals surface area (Å²) >= 11 is 0. The van der Waals surface area contributed by atoms with E-state index >= 15 is 0 Å². The molecule has 0 amide bonds. The van der Waals surface area contributed by atoms with Gasteiger partial charge in [-0.2, -0.15) is 0 Å². The summed E-state index contributed by atoms with van der Waals surface area (Å²) in [5, 5.41) is 0. The van der Waals surface area contributed by atoms with E-state index in [-0.39, 0.29) is 11.7 Å². The Kier molecular flexibility index (Phi) is 3.77. The number of nitrogens with two attached hydrogens (primary N) is 1. The lowest BCUT2D eigenvalue weighted by Gasteiger charge is -2.17. The van der Waals surface area contributed by atoms with E-state index in [9.17, 15) is 8.42 Å². The van der Waals surface area contributed by atoms with Crippen LogP contribution in [0, 0.1) is 5.92 Å². The summed E-state index contributed by atoms with van der Waals surface area (Å²) in [6, 6.07) is 7.07. The Morgan fingerprint density at radius 3 is 2.56 bits per heavy atom. The van der Waals surface area contributed by atoms with Crippen molar-refractivity contribution in [3.05, 3.63) is 24.3 Å². The van der Waals surface area contributed by atoms with Gasteiger partial charge in [0, 0.05) is 13.1 Å². The van der Waals surface area contributed by atoms with Crippen LogP contribution in [0.3, 0.4) is 0 Å². The van der Waals surface area contributed by atoms with E-state index in [1.54, 1.807) is 24.3 Å². The van der Waals surface area contributed by atoms with Gasteiger partial charge in [-0.1, -0.05) is 6.92 Å². The molecule has 1 unspecified atom stereocenters. The van der Waals surface area contributed by atoms with Crippen LogP contribution in [0.1, 0.15) is 6.92 Å². The van der Waals surface area contributed by atoms with Gasteiger partial charge >= 0.3 is 0 Å². The number of sulfonamides is 1. The van der Waals surface area contributed by atoms with Gasteiger partial charge in [-0.05, 0) is 30.2 Å². The van der Waals surface area contributed by atoms with Gasteiger partial charge in [0.2, 0.25) is 10.0 Å². The molecule has 0 saturated carbocycles. The molecule has 6 heteroatoms. The molecule has 0 spiro atoms. The molecule has 100 valence electrons. The molecular formula is C12H18N2O3S. The van der Waals surface area contributed by atoms with E-state index in [2.05, 4.69) is 0 Å². The number of rotatable bonds is 4. The van der Waals surface area contributed by atoms with Gasteiger partial charge in [-0.15, -0.1) is 0 Å². The van der Waals surface area contributed by atoms with Gasteiger partial charge in [-0.3, -0.25) is 4.31 Å². The van der Waals surface area contributed by atoms with Crippen molar-refractivity contribution >= 4 is 15.7 Å². The van der Waals surface area contributed by atoms with E-state index in [0.29, 0.717) is 31.1 Å². The number of hydrogen-bond donors (Lipinski definition) is 1. The third-order valence-electron chi connectivity index (χ3n) is 2.82. The average Bonchev–Trinajstić information content (AvgIpc) is 2.60. The largest absolute Gasteiger partial charge is 0.492 e. The Morgan fingerprint density at radius 2 is 2.06 bits per heavy atom. The lowest BCUT2D eigenvalue weighted by Crippen LogP contribution is -2.25. The zero-order valence-electron chi connectivity index (χ0n) is 10.4. The molecule has 1 saturated heterocycles. The van der Waals surface area contributed by atoms with Crippen molar-refractivity contribution in [3.8, 4) is 5.75 Å². The molecule has 18 heavy (non-hydrogen) atoms. The fourth-order valence-corrected chi connectivity index (χ4v) is 3.98. The van der Waals surface area contributed by atoms with E-state index in [0.717, 1.165) is 0 Å². The molecule has 2 N–H and O–H groups in total. The molecule has 1 aliphatic rings. The first-order valence-electron chi connectivity index (χ1n) is 5.96. The Hall–Kier alpha value is -1.27. The quantitative estimate of drug-likeness (QED) is 0.878. The van der Waals surface area contributed by atoms with Gasteiger partial charge in [-0.25, -0.2) is 8.42 Å². The first kappa shape index (κ1) is 13.2. The van der Waals surface area contributed by atoms with Crippen molar-refractivity contribution in [3.63, 3.8) is 0 Å². The zero-order valence-corrected chi connectivity index (χ0v) is 11.2. The summed E-state index contributed by atoms with van der Waals surface area (Å²) in [4.78, 5) is 0. The minimum absolute atomic E-state index is 0.170. The van der Waals surface area contributed by atoms with Crippen molar-refractivity contribution < 1.29 is 13.2 Å². The van der Waals surface area contributed by atoms with E-state index in [4.69, 9.17) is 10.5 Å². The highest BCUT2D eigenvalue weighted by Gasteiger charge is 2.33. The highest BCUT2D eigenvalue weighted by Crippen LogP contribution is 2.28. The molecule has 1 heterocycles. The number of anilines is 1. The molecule has 1 fully saturated rings. The Balaban J connectivity index is 2.15. The van der Waals surface area contributed by atoms with E-state index in [1.165, 1.54) is 4.31 Å². The first-order chi connectivity index (χ1) is 8.53. The van der Waals surface area contributed by atoms with Crippen LogP contribution in [0.2, 0.25) is 0 Å². The third kappa shape index (κ3) is 2.76. The molecule has 1 aliphatic heterocycles. The molecule has 1 aromatic carbocycles. The molecule has 1 atom stereocenters. The van der Waals surface area contributed by atoms with Crippen molar-refractivity contribution in [1.82, 2.24) is 0 Å². The van der Waals surface area contributed by atoms with Crippen LogP contribution >= 0.6 is 0 Å². The van der Waals surface area contributed by atoms with Gasteiger partial charge < -0.3 is 10.5 Å². The van der Waals surface area contributed by atoms with E-state index < -0.39 is 10.0 Å². The second kappa shape index (κ2) is 5.16. The Morgan fingerprint density at radius 1 is 1.39 bits per heavy atom. The van der Waals surface area contributed by atoms with Crippen LogP contribution in [0.5, 0.6) is 5.75 Å². The number of nitrogens with zero attached hydrogens (tertiary/aromatic N) is 1. The molecule has 0 aliphatic carbocycles. The van der Waals surface area contributed by atoms with Gasteiger partial charge in [0.05, 0.1) is 11.4 Å². The molecule has 0 radical (unpaired) electrons.